The number of halogens is 2. The summed E-state index contributed by atoms with van der Waals surface area (Å²) in [7, 11) is -3.51. The molecular weight excluding hydrogens is 411 g/mol. The molecule has 0 unspecified atom stereocenters. The third-order valence-corrected chi connectivity index (χ3v) is 7.55. The Balaban J connectivity index is 0.00000210. The quantitative estimate of drug-likeness (QED) is 0.795. The molecule has 0 atom stereocenters. The van der Waals surface area contributed by atoms with Crippen LogP contribution in [0, 0.1) is 0 Å². The van der Waals surface area contributed by atoms with Gasteiger partial charge in [-0.2, -0.15) is 9.29 Å². The summed E-state index contributed by atoms with van der Waals surface area (Å²) in [6, 6.07) is 6.25. The Hall–Kier alpha value is -1.19. The summed E-state index contributed by atoms with van der Waals surface area (Å²) in [4.78, 5) is 4.76. The maximum absolute atomic E-state index is 12.7. The van der Waals surface area contributed by atoms with Crippen LogP contribution in [0.15, 0.2) is 33.7 Å². The van der Waals surface area contributed by atoms with Crippen LogP contribution in [0.3, 0.4) is 0 Å². The van der Waals surface area contributed by atoms with E-state index in [2.05, 4.69) is 10.1 Å². The lowest BCUT2D eigenvalue weighted by Crippen LogP contribution is -2.44. The van der Waals surface area contributed by atoms with Gasteiger partial charge in [-0.05, 0) is 56.4 Å². The van der Waals surface area contributed by atoms with Crippen molar-refractivity contribution in [3.8, 4) is 0 Å². The van der Waals surface area contributed by atoms with Gasteiger partial charge in [-0.25, -0.2) is 8.42 Å². The molecule has 7 nitrogen and oxygen atoms in total. The first-order chi connectivity index (χ1) is 12.4. The topological polar surface area (TPSA) is 102 Å². The van der Waals surface area contributed by atoms with Gasteiger partial charge in [0.1, 0.15) is 0 Å². The van der Waals surface area contributed by atoms with Gasteiger partial charge in [-0.15, -0.1) is 12.4 Å². The van der Waals surface area contributed by atoms with Gasteiger partial charge < -0.3 is 10.3 Å². The summed E-state index contributed by atoms with van der Waals surface area (Å²) in [6.07, 6.45) is 4.13. The van der Waals surface area contributed by atoms with Crippen molar-refractivity contribution >= 4 is 34.0 Å². The lowest BCUT2D eigenvalue weighted by Gasteiger charge is -2.34. The minimum Gasteiger partial charge on any atom is -0.339 e. The summed E-state index contributed by atoms with van der Waals surface area (Å²) in [6.45, 7) is 0.836. The van der Waals surface area contributed by atoms with Crippen molar-refractivity contribution in [2.24, 2.45) is 5.73 Å². The molecule has 1 saturated carbocycles. The molecule has 148 valence electrons. The molecule has 0 radical (unpaired) electrons. The van der Waals surface area contributed by atoms with Crippen molar-refractivity contribution in [2.45, 2.75) is 48.5 Å². The van der Waals surface area contributed by atoms with E-state index in [1.807, 2.05) is 0 Å². The maximum Gasteiger partial charge on any atom is 0.243 e. The van der Waals surface area contributed by atoms with Gasteiger partial charge in [-0.3, -0.25) is 0 Å². The van der Waals surface area contributed by atoms with E-state index in [4.69, 9.17) is 21.9 Å². The molecule has 0 amide bonds. The summed E-state index contributed by atoms with van der Waals surface area (Å²) < 4.78 is 32.4. The van der Waals surface area contributed by atoms with E-state index in [1.54, 1.807) is 12.1 Å². The molecule has 2 aliphatic rings. The van der Waals surface area contributed by atoms with Crippen LogP contribution < -0.4 is 5.73 Å². The summed E-state index contributed by atoms with van der Waals surface area (Å²) >= 11 is 5.84. The molecule has 4 rings (SSSR count). The first-order valence-corrected chi connectivity index (χ1v) is 10.6. The Morgan fingerprint density at radius 3 is 2.37 bits per heavy atom. The molecule has 1 aliphatic carbocycles. The zero-order chi connectivity index (χ0) is 18.4. The van der Waals surface area contributed by atoms with E-state index in [-0.39, 0.29) is 23.2 Å². The fourth-order valence-electron chi connectivity index (χ4n) is 3.48. The number of benzene rings is 1. The van der Waals surface area contributed by atoms with Crippen LogP contribution in [-0.4, -0.2) is 36.0 Å². The Kier molecular flexibility index (Phi) is 5.84. The molecular formula is C17H22Cl2N4O3S. The minimum atomic E-state index is -3.51. The first kappa shape index (κ1) is 20.5. The van der Waals surface area contributed by atoms with Gasteiger partial charge in [0.15, 0.2) is 5.82 Å². The van der Waals surface area contributed by atoms with E-state index in [1.165, 1.54) is 16.4 Å². The second-order valence-electron chi connectivity index (χ2n) is 7.10. The molecule has 1 aliphatic heterocycles. The molecule has 1 saturated heterocycles. The van der Waals surface area contributed by atoms with E-state index in [0.717, 1.165) is 19.3 Å². The van der Waals surface area contributed by atoms with Gasteiger partial charge in [-0.1, -0.05) is 16.8 Å². The molecule has 0 spiro atoms. The molecule has 1 aromatic heterocycles. The Morgan fingerprint density at radius 2 is 1.81 bits per heavy atom. The van der Waals surface area contributed by atoms with Gasteiger partial charge >= 0.3 is 0 Å². The van der Waals surface area contributed by atoms with Crippen LogP contribution in [-0.2, 0) is 15.6 Å². The van der Waals surface area contributed by atoms with Crippen LogP contribution >= 0.6 is 24.0 Å². The number of aromatic nitrogens is 2. The zero-order valence-corrected chi connectivity index (χ0v) is 17.1. The monoisotopic (exact) mass is 432 g/mol. The van der Waals surface area contributed by atoms with E-state index in [9.17, 15) is 8.42 Å². The minimum absolute atomic E-state index is 0. The maximum atomic E-state index is 12.7. The number of hydrogen-bond donors (Lipinski definition) is 1. The summed E-state index contributed by atoms with van der Waals surface area (Å²) in [5.74, 6) is 1.21. The van der Waals surface area contributed by atoms with Gasteiger partial charge in [0.05, 0.1) is 10.4 Å². The highest BCUT2D eigenvalue weighted by atomic mass is 35.5. The van der Waals surface area contributed by atoms with Crippen molar-refractivity contribution in [1.82, 2.24) is 14.4 Å². The molecule has 2 aromatic rings. The standard InChI is InChI=1S/C17H21ClN4O3S.ClH/c18-13-2-4-14(5-3-13)26(23,24)22-10-6-12(7-11-22)15-20-16(21-25-15)17(19)8-1-9-17;/h2-5,12H,1,6-11,19H2;1H. The Bertz CT molecular complexity index is 889. The predicted octanol–water partition coefficient (Wildman–Crippen LogP) is 3.05. The molecule has 10 heteroatoms. The number of nitrogens with two attached hydrogens (primary N) is 1. The van der Waals surface area contributed by atoms with Crippen LogP contribution in [0.5, 0.6) is 0 Å². The second kappa shape index (κ2) is 7.67. The molecule has 1 aromatic carbocycles. The highest BCUT2D eigenvalue weighted by Gasteiger charge is 2.40. The lowest BCUT2D eigenvalue weighted by molar-refractivity contribution is 0.227. The lowest BCUT2D eigenvalue weighted by atomic mass is 9.77. The first-order valence-electron chi connectivity index (χ1n) is 8.77. The average molecular weight is 433 g/mol. The predicted molar refractivity (Wildman–Crippen MR) is 103 cm³/mol. The van der Waals surface area contributed by atoms with E-state index >= 15 is 0 Å². The number of sulfonamides is 1. The van der Waals surface area contributed by atoms with E-state index in [0.29, 0.717) is 42.7 Å². The van der Waals surface area contributed by atoms with Crippen molar-refractivity contribution in [2.75, 3.05) is 13.1 Å². The Labute approximate surface area is 169 Å². The van der Waals surface area contributed by atoms with Crippen LogP contribution in [0.2, 0.25) is 5.02 Å². The Morgan fingerprint density at radius 1 is 1.19 bits per heavy atom. The number of nitrogens with zero attached hydrogens (tertiary/aromatic N) is 3. The molecule has 2 fully saturated rings. The number of piperidine rings is 1. The molecule has 2 heterocycles. The molecule has 0 bridgehead atoms. The third-order valence-electron chi connectivity index (χ3n) is 5.39. The normalized spacial score (nSPS) is 20.7. The largest absolute Gasteiger partial charge is 0.339 e. The molecule has 2 N–H and O–H groups in total. The fraction of sp³-hybridized carbons (Fsp3) is 0.529. The molecule has 27 heavy (non-hydrogen) atoms. The SMILES string of the molecule is Cl.NC1(c2noc(C3CCN(S(=O)(=O)c4ccc(Cl)cc4)CC3)n2)CCC1. The number of hydrogen-bond acceptors (Lipinski definition) is 6. The highest BCUT2D eigenvalue weighted by Crippen LogP contribution is 2.38. The third kappa shape index (κ3) is 3.86. The van der Waals surface area contributed by atoms with Crippen molar-refractivity contribution in [3.05, 3.63) is 41.0 Å². The van der Waals surface area contributed by atoms with Gasteiger partial charge in [0.25, 0.3) is 0 Å². The van der Waals surface area contributed by atoms with Crippen LogP contribution in [0.1, 0.15) is 49.7 Å². The van der Waals surface area contributed by atoms with Crippen molar-refractivity contribution in [1.29, 1.82) is 0 Å². The van der Waals surface area contributed by atoms with Gasteiger partial charge in [0, 0.05) is 24.0 Å². The van der Waals surface area contributed by atoms with Crippen LogP contribution in [0.25, 0.3) is 0 Å². The van der Waals surface area contributed by atoms with Crippen LogP contribution in [0.4, 0.5) is 0 Å². The summed E-state index contributed by atoms with van der Waals surface area (Å²) in [5, 5.41) is 4.57. The average Bonchev–Trinajstić information content (AvgIpc) is 3.10. The number of rotatable bonds is 4. The zero-order valence-electron chi connectivity index (χ0n) is 14.7. The van der Waals surface area contributed by atoms with Gasteiger partial charge in [0.2, 0.25) is 15.9 Å². The fourth-order valence-corrected chi connectivity index (χ4v) is 5.08. The summed E-state index contributed by atoms with van der Waals surface area (Å²) in [5.41, 5.74) is 5.80. The van der Waals surface area contributed by atoms with E-state index < -0.39 is 15.6 Å². The second-order valence-corrected chi connectivity index (χ2v) is 9.47. The van der Waals surface area contributed by atoms with Crippen molar-refractivity contribution < 1.29 is 12.9 Å². The highest BCUT2D eigenvalue weighted by molar-refractivity contribution is 7.89. The smallest absolute Gasteiger partial charge is 0.243 e. The van der Waals surface area contributed by atoms with Crippen molar-refractivity contribution in [3.63, 3.8) is 0 Å².